The molecule has 0 spiro atoms. The molecule has 11 heteroatoms. The number of nitrogens with one attached hydrogen (secondary N) is 1. The number of ether oxygens (including phenoxy) is 1. The lowest BCUT2D eigenvalue weighted by Crippen LogP contribution is -2.53. The summed E-state index contributed by atoms with van der Waals surface area (Å²) in [6.07, 6.45) is 1.89. The van der Waals surface area contributed by atoms with Crippen molar-refractivity contribution >= 4 is 18.6 Å². The molecule has 0 bridgehead atoms. The number of rotatable bonds is 9. The van der Waals surface area contributed by atoms with Crippen molar-refractivity contribution in [3.8, 4) is 11.8 Å². The summed E-state index contributed by atoms with van der Waals surface area (Å²) in [5.41, 5.74) is 9.75. The molecule has 1 aliphatic heterocycles. The fourth-order valence-corrected chi connectivity index (χ4v) is 3.91. The van der Waals surface area contributed by atoms with Crippen LogP contribution in [-0.4, -0.2) is 73.0 Å². The van der Waals surface area contributed by atoms with Crippen molar-refractivity contribution in [2.75, 3.05) is 33.4 Å². The highest BCUT2D eigenvalue weighted by Gasteiger charge is 2.25. The number of nitrogens with zero attached hydrogens (tertiary/aromatic N) is 4. The Kier molecular flexibility index (Phi) is 10.7. The average molecular weight is 519 g/mol. The van der Waals surface area contributed by atoms with Crippen LogP contribution in [0.4, 0.5) is 0 Å². The van der Waals surface area contributed by atoms with E-state index in [9.17, 15) is 9.90 Å². The molecule has 1 heterocycles. The standard InChI is InChI=1S/C27H34N8O3/c1-31-19-32-26(25(37)18-36)24(35(30)27(28)33-29)16-22-8-4-20(5-9-22)2-3-21-6-10-23(11-7-21)17-34-12-14-38-15-13-34/h4-11,18-19,24,37H,12-17,29-30H2,1H3,(H2,28,33)(H,31,32)/b26-25+. The van der Waals surface area contributed by atoms with Gasteiger partial charge in [0.2, 0.25) is 5.96 Å². The Morgan fingerprint density at radius 1 is 1.13 bits per heavy atom. The van der Waals surface area contributed by atoms with Crippen LogP contribution >= 0.6 is 0 Å². The molecule has 1 fully saturated rings. The van der Waals surface area contributed by atoms with Gasteiger partial charge >= 0.3 is 0 Å². The number of benzene rings is 2. The molecule has 0 radical (unpaired) electrons. The molecule has 0 amide bonds. The minimum atomic E-state index is -0.793. The molecule has 1 atom stereocenters. The largest absolute Gasteiger partial charge is 0.503 e. The molecule has 1 aliphatic rings. The lowest BCUT2D eigenvalue weighted by molar-refractivity contribution is -0.107. The van der Waals surface area contributed by atoms with Crippen molar-refractivity contribution in [3.05, 3.63) is 82.2 Å². The van der Waals surface area contributed by atoms with Crippen molar-refractivity contribution < 1.29 is 14.6 Å². The number of hydrogen-bond donors (Lipinski definition) is 5. The first-order valence-electron chi connectivity index (χ1n) is 12.1. The number of nitrogens with two attached hydrogens (primary N) is 3. The Balaban J connectivity index is 1.72. The second-order valence-electron chi connectivity index (χ2n) is 8.60. The van der Waals surface area contributed by atoms with E-state index >= 15 is 0 Å². The van der Waals surface area contributed by atoms with Gasteiger partial charge in [-0.15, -0.1) is 5.10 Å². The zero-order valence-electron chi connectivity index (χ0n) is 21.4. The SMILES string of the molecule is CN=CN/C(=C(/O)C=O)C(Cc1ccc(C#Cc2ccc(CN3CCOCC3)cc2)cc1)N(N)/C(N)=N\N. The Labute approximate surface area is 222 Å². The third-order valence-electron chi connectivity index (χ3n) is 6.00. The van der Waals surface area contributed by atoms with Gasteiger partial charge in [-0.1, -0.05) is 36.1 Å². The number of allylic oxidation sites excluding steroid dienone is 1. The first kappa shape index (κ1) is 28.2. The van der Waals surface area contributed by atoms with Crippen LogP contribution in [0.5, 0.6) is 0 Å². The number of morpholine rings is 1. The topological polar surface area (TPSA) is 168 Å². The van der Waals surface area contributed by atoms with E-state index in [4.69, 9.17) is 22.2 Å². The molecule has 0 aromatic heterocycles. The highest BCUT2D eigenvalue weighted by molar-refractivity contribution is 5.79. The van der Waals surface area contributed by atoms with Crippen molar-refractivity contribution in [2.24, 2.45) is 27.5 Å². The van der Waals surface area contributed by atoms with Gasteiger partial charge < -0.3 is 26.7 Å². The lowest BCUT2D eigenvalue weighted by atomic mass is 10.0. The fourth-order valence-electron chi connectivity index (χ4n) is 3.91. The summed E-state index contributed by atoms with van der Waals surface area (Å²) in [6.45, 7) is 4.38. The van der Waals surface area contributed by atoms with Gasteiger partial charge in [0.15, 0.2) is 12.0 Å². The number of carbonyl (C=O) groups excluding carboxylic acids is 1. The molecule has 200 valence electrons. The number of guanidine groups is 1. The zero-order chi connectivity index (χ0) is 27.3. The van der Waals surface area contributed by atoms with Crippen LogP contribution in [0.3, 0.4) is 0 Å². The molecule has 2 aromatic carbocycles. The van der Waals surface area contributed by atoms with Crippen molar-refractivity contribution in [1.29, 1.82) is 0 Å². The molecule has 0 aliphatic carbocycles. The summed E-state index contributed by atoms with van der Waals surface area (Å²) in [6, 6.07) is 15.0. The maximum absolute atomic E-state index is 11.3. The van der Waals surface area contributed by atoms with Gasteiger partial charge in [0.25, 0.3) is 0 Å². The van der Waals surface area contributed by atoms with E-state index in [0.29, 0.717) is 6.29 Å². The average Bonchev–Trinajstić information content (AvgIpc) is 2.96. The summed E-state index contributed by atoms with van der Waals surface area (Å²) in [4.78, 5) is 17.5. The first-order chi connectivity index (χ1) is 18.4. The van der Waals surface area contributed by atoms with Crippen molar-refractivity contribution in [3.63, 3.8) is 0 Å². The predicted octanol–water partition coefficient (Wildman–Crippen LogP) is 0.410. The van der Waals surface area contributed by atoms with Gasteiger partial charge in [0, 0.05) is 44.2 Å². The van der Waals surface area contributed by atoms with Crippen molar-refractivity contribution in [2.45, 2.75) is 19.0 Å². The molecule has 8 N–H and O–H groups in total. The molecular weight excluding hydrogens is 484 g/mol. The highest BCUT2D eigenvalue weighted by atomic mass is 16.5. The Morgan fingerprint density at radius 2 is 1.71 bits per heavy atom. The quantitative estimate of drug-likeness (QED) is 0.0461. The molecule has 2 aromatic rings. The number of hydrogen-bond acceptors (Lipinski definition) is 8. The number of aldehydes is 1. The molecule has 3 rings (SSSR count). The summed E-state index contributed by atoms with van der Waals surface area (Å²) < 4.78 is 5.41. The number of aliphatic imine (C=N–C) groups is 1. The maximum Gasteiger partial charge on any atom is 0.228 e. The van der Waals surface area contributed by atoms with Gasteiger partial charge in [-0.25, -0.2) is 5.84 Å². The molecule has 11 nitrogen and oxygen atoms in total. The number of hydrazine groups is 1. The normalized spacial score (nSPS) is 15.8. The molecule has 0 saturated carbocycles. The smallest absolute Gasteiger partial charge is 0.228 e. The van der Waals surface area contributed by atoms with Crippen LogP contribution in [0.25, 0.3) is 0 Å². The van der Waals surface area contributed by atoms with Crippen molar-refractivity contribution in [1.82, 2.24) is 15.2 Å². The van der Waals surface area contributed by atoms with Crippen LogP contribution in [0.1, 0.15) is 22.3 Å². The maximum atomic E-state index is 11.3. The van der Waals surface area contributed by atoms with E-state index in [1.807, 2.05) is 36.4 Å². The first-order valence-corrected chi connectivity index (χ1v) is 12.1. The van der Waals surface area contributed by atoms with Crippen LogP contribution < -0.4 is 22.7 Å². The van der Waals surface area contributed by atoms with E-state index in [1.54, 1.807) is 0 Å². The second-order valence-corrected chi connectivity index (χ2v) is 8.60. The monoisotopic (exact) mass is 518 g/mol. The molecular formula is C27H34N8O3. The number of carbonyl (C=O) groups is 1. The Morgan fingerprint density at radius 3 is 2.24 bits per heavy atom. The number of aliphatic hydroxyl groups is 1. The van der Waals surface area contributed by atoms with Crippen LogP contribution in [0.2, 0.25) is 0 Å². The Hall–Kier alpha value is -4.37. The van der Waals surface area contributed by atoms with Crippen LogP contribution in [0, 0.1) is 11.8 Å². The third kappa shape index (κ3) is 8.07. The summed E-state index contributed by atoms with van der Waals surface area (Å²) in [5.74, 6) is 17.0. The van der Waals surface area contributed by atoms with E-state index in [0.717, 1.165) is 54.5 Å². The lowest BCUT2D eigenvalue weighted by Gasteiger charge is -2.30. The summed E-state index contributed by atoms with van der Waals surface area (Å²) >= 11 is 0. The summed E-state index contributed by atoms with van der Waals surface area (Å²) in [7, 11) is 1.53. The predicted molar refractivity (Wildman–Crippen MR) is 148 cm³/mol. The fraction of sp³-hybridized carbons (Fsp3) is 0.296. The molecule has 1 saturated heterocycles. The van der Waals surface area contributed by atoms with E-state index < -0.39 is 11.8 Å². The highest BCUT2D eigenvalue weighted by Crippen LogP contribution is 2.16. The minimum absolute atomic E-state index is 0.0978. The van der Waals surface area contributed by atoms with Crippen LogP contribution in [0.15, 0.2) is 70.1 Å². The van der Waals surface area contributed by atoms with Gasteiger partial charge in [0.1, 0.15) is 0 Å². The molecule has 1 unspecified atom stereocenters. The van der Waals surface area contributed by atoms with Crippen LogP contribution in [-0.2, 0) is 22.5 Å². The van der Waals surface area contributed by atoms with E-state index in [-0.39, 0.29) is 18.1 Å². The Bertz CT molecular complexity index is 1210. The minimum Gasteiger partial charge on any atom is -0.503 e. The number of hydrazone groups is 1. The van der Waals surface area contributed by atoms with Gasteiger partial charge in [-0.05, 0) is 35.4 Å². The van der Waals surface area contributed by atoms with Gasteiger partial charge in [0.05, 0.1) is 31.3 Å². The second kappa shape index (κ2) is 14.4. The zero-order valence-corrected chi connectivity index (χ0v) is 21.4. The van der Waals surface area contributed by atoms with Gasteiger partial charge in [-0.3, -0.25) is 19.7 Å². The molecule has 38 heavy (non-hydrogen) atoms. The third-order valence-corrected chi connectivity index (χ3v) is 6.00. The van der Waals surface area contributed by atoms with Gasteiger partial charge in [-0.2, -0.15) is 0 Å². The summed E-state index contributed by atoms with van der Waals surface area (Å²) in [5, 5.41) is 17.5. The number of aliphatic hydroxyl groups excluding tert-OH is 1. The van der Waals surface area contributed by atoms with E-state index in [1.165, 1.54) is 18.9 Å². The van der Waals surface area contributed by atoms with E-state index in [2.05, 4.69) is 44.3 Å².